The lowest BCUT2D eigenvalue weighted by Crippen LogP contribution is -2.17. The van der Waals surface area contributed by atoms with Crippen molar-refractivity contribution >= 4 is 11.3 Å². The van der Waals surface area contributed by atoms with Crippen LogP contribution in [0.25, 0.3) is 11.3 Å². The minimum Gasteiger partial charge on any atom is -0.486 e. The molecule has 2 aromatic rings. The van der Waals surface area contributed by atoms with Crippen molar-refractivity contribution in [2.24, 2.45) is 5.73 Å². The Kier molecular flexibility index (Phi) is 3.48. The van der Waals surface area contributed by atoms with Crippen LogP contribution in [-0.4, -0.2) is 13.2 Å². The number of nitriles is 1. The van der Waals surface area contributed by atoms with Crippen LogP contribution in [0.3, 0.4) is 0 Å². The highest BCUT2D eigenvalue weighted by Gasteiger charge is 2.19. The highest BCUT2D eigenvalue weighted by molar-refractivity contribution is 5.97. The van der Waals surface area contributed by atoms with Crippen molar-refractivity contribution < 1.29 is 9.47 Å². The molecular weight excluding hydrogens is 264 g/mol. The fourth-order valence-electron chi connectivity index (χ4n) is 2.31. The number of rotatable bonds is 2. The summed E-state index contributed by atoms with van der Waals surface area (Å²) in [5.41, 5.74) is 8.52. The lowest BCUT2D eigenvalue weighted by Gasteiger charge is -2.21. The monoisotopic (exact) mass is 278 g/mol. The molecule has 0 saturated heterocycles. The molecule has 3 rings (SSSR count). The molecule has 0 radical (unpaired) electrons. The maximum absolute atomic E-state index is 9.46. The highest BCUT2D eigenvalue weighted by Crippen LogP contribution is 2.37. The van der Waals surface area contributed by atoms with Gasteiger partial charge in [-0.25, -0.2) is 0 Å². The van der Waals surface area contributed by atoms with Crippen LogP contribution in [0.5, 0.6) is 11.5 Å². The van der Waals surface area contributed by atoms with Crippen molar-refractivity contribution in [2.75, 3.05) is 13.2 Å². The zero-order valence-corrected chi connectivity index (χ0v) is 11.4. The molecule has 4 nitrogen and oxygen atoms in total. The molecule has 4 heteroatoms. The van der Waals surface area contributed by atoms with Gasteiger partial charge in [-0.15, -0.1) is 0 Å². The van der Waals surface area contributed by atoms with E-state index in [2.05, 4.69) is 6.07 Å². The Labute approximate surface area is 123 Å². The number of hydrogen-bond donors (Lipinski definition) is 1. The summed E-state index contributed by atoms with van der Waals surface area (Å²) in [6.07, 6.45) is 0. The quantitative estimate of drug-likeness (QED) is 0.677. The molecule has 0 saturated carbocycles. The normalized spacial score (nSPS) is 14.0. The van der Waals surface area contributed by atoms with Gasteiger partial charge in [0.2, 0.25) is 0 Å². The summed E-state index contributed by atoms with van der Waals surface area (Å²) in [5, 5.41) is 9.46. The fourth-order valence-corrected chi connectivity index (χ4v) is 2.31. The summed E-state index contributed by atoms with van der Waals surface area (Å²) in [7, 11) is 0. The first kappa shape index (κ1) is 13.1. The molecule has 0 aliphatic carbocycles. The van der Waals surface area contributed by atoms with Gasteiger partial charge < -0.3 is 15.2 Å². The van der Waals surface area contributed by atoms with Gasteiger partial charge in [0, 0.05) is 5.56 Å². The molecule has 0 fully saturated rings. The Bertz CT molecular complexity index is 730. The van der Waals surface area contributed by atoms with Crippen LogP contribution in [0.15, 0.2) is 48.5 Å². The summed E-state index contributed by atoms with van der Waals surface area (Å²) in [6, 6.07) is 17.1. The number of benzene rings is 2. The highest BCUT2D eigenvalue weighted by atomic mass is 16.6. The maximum Gasteiger partial charge on any atom is 0.170 e. The maximum atomic E-state index is 9.46. The fraction of sp³-hybridized carbons (Fsp3) is 0.118. The molecule has 21 heavy (non-hydrogen) atoms. The predicted molar refractivity (Wildman–Crippen MR) is 80.5 cm³/mol. The minimum atomic E-state index is 0.394. The van der Waals surface area contributed by atoms with E-state index in [9.17, 15) is 5.26 Å². The van der Waals surface area contributed by atoms with Gasteiger partial charge in [-0.3, -0.25) is 0 Å². The van der Waals surface area contributed by atoms with Crippen molar-refractivity contribution in [1.29, 1.82) is 5.26 Å². The van der Waals surface area contributed by atoms with E-state index in [-0.39, 0.29) is 0 Å². The number of nitrogens with two attached hydrogens (primary N) is 1. The van der Waals surface area contributed by atoms with Gasteiger partial charge in [-0.2, -0.15) is 5.26 Å². The molecule has 1 heterocycles. The lowest BCUT2D eigenvalue weighted by atomic mass is 10.00. The molecule has 0 unspecified atom stereocenters. The van der Waals surface area contributed by atoms with Crippen LogP contribution >= 0.6 is 0 Å². The number of ether oxygens (including phenoxy) is 2. The van der Waals surface area contributed by atoms with Gasteiger partial charge in [0.05, 0.1) is 11.3 Å². The standard InChI is InChI=1S/C17H14N2O2/c18-11-14(12-5-2-1-3-6-12)16(19)13-7-4-8-15-17(13)21-10-9-20-15/h1-8H,9-10,19H2/b16-14-. The number of fused-ring (bicyclic) bond motifs is 1. The van der Waals surface area contributed by atoms with E-state index in [1.807, 2.05) is 48.5 Å². The van der Waals surface area contributed by atoms with Crippen molar-refractivity contribution in [2.45, 2.75) is 0 Å². The van der Waals surface area contributed by atoms with Crippen LogP contribution in [0.2, 0.25) is 0 Å². The summed E-state index contributed by atoms with van der Waals surface area (Å²) in [6.45, 7) is 0.994. The van der Waals surface area contributed by atoms with E-state index >= 15 is 0 Å². The van der Waals surface area contributed by atoms with Crippen LogP contribution in [-0.2, 0) is 0 Å². The Balaban J connectivity index is 2.15. The molecule has 1 aliphatic rings. The predicted octanol–water partition coefficient (Wildman–Crippen LogP) is 2.81. The van der Waals surface area contributed by atoms with E-state index < -0.39 is 0 Å². The Morgan fingerprint density at radius 2 is 1.76 bits per heavy atom. The van der Waals surface area contributed by atoms with Crippen LogP contribution in [0.4, 0.5) is 0 Å². The van der Waals surface area contributed by atoms with E-state index in [4.69, 9.17) is 15.2 Å². The smallest absolute Gasteiger partial charge is 0.170 e. The number of para-hydroxylation sites is 1. The van der Waals surface area contributed by atoms with Gasteiger partial charge in [0.15, 0.2) is 11.5 Å². The molecule has 104 valence electrons. The molecule has 2 N–H and O–H groups in total. The molecule has 1 aliphatic heterocycles. The molecule has 0 atom stereocenters. The first-order chi connectivity index (χ1) is 10.3. The van der Waals surface area contributed by atoms with Crippen LogP contribution in [0.1, 0.15) is 11.1 Å². The minimum absolute atomic E-state index is 0.394. The van der Waals surface area contributed by atoms with Crippen LogP contribution in [0, 0.1) is 11.3 Å². The van der Waals surface area contributed by atoms with E-state index in [1.165, 1.54) is 0 Å². The first-order valence-corrected chi connectivity index (χ1v) is 6.65. The largest absolute Gasteiger partial charge is 0.486 e. The zero-order chi connectivity index (χ0) is 14.7. The molecule has 0 amide bonds. The third-order valence-corrected chi connectivity index (χ3v) is 3.30. The van der Waals surface area contributed by atoms with Gasteiger partial charge in [0.25, 0.3) is 0 Å². The molecular formula is C17H14N2O2. The third-order valence-electron chi connectivity index (χ3n) is 3.30. The third kappa shape index (κ3) is 2.41. The number of allylic oxidation sites excluding steroid dienone is 1. The summed E-state index contributed by atoms with van der Waals surface area (Å²) < 4.78 is 11.2. The second-order valence-electron chi connectivity index (χ2n) is 4.60. The van der Waals surface area contributed by atoms with Crippen molar-refractivity contribution in [3.05, 3.63) is 59.7 Å². The average Bonchev–Trinajstić information content (AvgIpc) is 2.56. The average molecular weight is 278 g/mol. The number of hydrogen-bond acceptors (Lipinski definition) is 4. The van der Waals surface area contributed by atoms with Crippen molar-refractivity contribution in [3.8, 4) is 17.6 Å². The first-order valence-electron chi connectivity index (χ1n) is 6.65. The molecule has 0 aromatic heterocycles. The Hall–Kier alpha value is -2.93. The second kappa shape index (κ2) is 5.59. The molecule has 0 spiro atoms. The van der Waals surface area contributed by atoms with Gasteiger partial charge >= 0.3 is 0 Å². The molecule has 0 bridgehead atoms. The van der Waals surface area contributed by atoms with Gasteiger partial charge in [-0.05, 0) is 17.7 Å². The molecule has 2 aromatic carbocycles. The second-order valence-corrected chi connectivity index (χ2v) is 4.60. The number of nitrogens with zero attached hydrogens (tertiary/aromatic N) is 1. The Morgan fingerprint density at radius 1 is 1.00 bits per heavy atom. The summed E-state index contributed by atoms with van der Waals surface area (Å²) >= 11 is 0. The Morgan fingerprint density at radius 3 is 2.52 bits per heavy atom. The zero-order valence-electron chi connectivity index (χ0n) is 11.4. The summed E-state index contributed by atoms with van der Waals surface area (Å²) in [5.74, 6) is 1.26. The topological polar surface area (TPSA) is 68.3 Å². The summed E-state index contributed by atoms with van der Waals surface area (Å²) in [4.78, 5) is 0. The van der Waals surface area contributed by atoms with E-state index in [0.29, 0.717) is 41.5 Å². The lowest BCUT2D eigenvalue weighted by molar-refractivity contribution is 0.171. The van der Waals surface area contributed by atoms with Crippen molar-refractivity contribution in [1.82, 2.24) is 0 Å². The van der Waals surface area contributed by atoms with E-state index in [0.717, 1.165) is 5.56 Å². The van der Waals surface area contributed by atoms with E-state index in [1.54, 1.807) is 0 Å². The van der Waals surface area contributed by atoms with Crippen molar-refractivity contribution in [3.63, 3.8) is 0 Å². The SMILES string of the molecule is N#C/C(=C(/N)c1cccc2c1OCCO2)c1ccccc1. The van der Waals surface area contributed by atoms with Crippen LogP contribution < -0.4 is 15.2 Å². The van der Waals surface area contributed by atoms with Gasteiger partial charge in [-0.1, -0.05) is 36.4 Å². The van der Waals surface area contributed by atoms with Gasteiger partial charge in [0.1, 0.15) is 19.3 Å².